The third-order valence-electron chi connectivity index (χ3n) is 2.24. The monoisotopic (exact) mass is 224 g/mol. The predicted octanol–water partition coefficient (Wildman–Crippen LogP) is -1.72. The van der Waals surface area contributed by atoms with Gasteiger partial charge in [0, 0.05) is 6.61 Å². The molecule has 2 heterocycles. The molecular weight excluding hydrogens is 211 g/mol. The Morgan fingerprint density at radius 2 is 2.47 bits per heavy atom. The molecule has 0 radical (unpaired) electrons. The van der Waals surface area contributed by atoms with E-state index in [4.69, 9.17) is 9.29 Å². The van der Waals surface area contributed by atoms with Gasteiger partial charge in [-0.3, -0.25) is 0 Å². The maximum atomic E-state index is 10.9. The molecule has 0 aromatic carbocycles. The minimum atomic E-state index is -1.99. The molecule has 15 heavy (non-hydrogen) atoms. The molecule has 1 aliphatic rings. The summed E-state index contributed by atoms with van der Waals surface area (Å²) in [5.41, 5.74) is 0. The van der Waals surface area contributed by atoms with E-state index in [9.17, 15) is 4.21 Å². The predicted molar refractivity (Wildman–Crippen MR) is 51.2 cm³/mol. The fourth-order valence-electron chi connectivity index (χ4n) is 1.57. The van der Waals surface area contributed by atoms with Gasteiger partial charge in [-0.25, -0.2) is 8.89 Å². The number of hydrogen-bond acceptors (Lipinski definition) is 3. The minimum Gasteiger partial charge on any atom is -1.00 e. The van der Waals surface area contributed by atoms with Crippen LogP contribution in [0.4, 0.5) is 0 Å². The summed E-state index contributed by atoms with van der Waals surface area (Å²) in [5.74, 6) is 0. The van der Waals surface area contributed by atoms with Gasteiger partial charge in [0.25, 0.3) is 0 Å². The topological polar surface area (TPSA) is 64.3 Å². The van der Waals surface area contributed by atoms with Gasteiger partial charge in [-0.1, -0.05) is 0 Å². The fourth-order valence-corrected chi connectivity index (χ4v) is 2.08. The number of nitrogens with zero attached hydrogens (tertiary/aromatic N) is 2. The van der Waals surface area contributed by atoms with Crippen LogP contribution in [0.25, 0.3) is 0 Å². The van der Waals surface area contributed by atoms with Crippen molar-refractivity contribution < 1.29 is 33.8 Å². The molecule has 80 valence electrons. The van der Waals surface area contributed by atoms with Crippen LogP contribution in [0.15, 0.2) is 17.3 Å². The maximum absolute atomic E-state index is 10.9. The second kappa shape index (κ2) is 5.82. The second-order valence-electron chi connectivity index (χ2n) is 3.18. The Bertz CT molecular complexity index is 344. The van der Waals surface area contributed by atoms with Gasteiger partial charge in [0.05, 0.1) is 6.20 Å². The van der Waals surface area contributed by atoms with E-state index in [1.807, 2.05) is 0 Å². The van der Waals surface area contributed by atoms with E-state index in [0.29, 0.717) is 11.6 Å². The number of hydrogen-bond donors (Lipinski definition) is 1. The van der Waals surface area contributed by atoms with Crippen molar-refractivity contribution in [2.75, 3.05) is 6.61 Å². The Morgan fingerprint density at radius 3 is 3.07 bits per heavy atom. The Labute approximate surface area is 104 Å². The van der Waals surface area contributed by atoms with Crippen molar-refractivity contribution in [3.05, 3.63) is 12.3 Å². The third-order valence-corrected chi connectivity index (χ3v) is 2.92. The Kier molecular flexibility index (Phi) is 5.03. The number of aromatic nitrogens is 2. The van der Waals surface area contributed by atoms with E-state index >= 15 is 0 Å². The molecule has 0 spiro atoms. The molecule has 1 aromatic heterocycles. The van der Waals surface area contributed by atoms with Crippen LogP contribution in [0.5, 0.6) is 0 Å². The standard InChI is InChI=1S/C8H12N2O3S.Li.H/c11-14(12)8-4-5-9-10(8)7-3-1-2-6-13-7;;/h4-5,7H,1-3,6H2,(H,11,12);;/q;+1;-1. The molecule has 2 atom stereocenters. The normalized spacial score (nSPS) is 23.1. The maximum Gasteiger partial charge on any atom is 1.00 e. The van der Waals surface area contributed by atoms with Crippen LogP contribution >= 0.6 is 0 Å². The van der Waals surface area contributed by atoms with Gasteiger partial charge in [-0.2, -0.15) is 5.10 Å². The zero-order valence-electron chi connectivity index (χ0n) is 9.63. The zero-order chi connectivity index (χ0) is 9.97. The van der Waals surface area contributed by atoms with E-state index in [1.54, 1.807) is 0 Å². The first kappa shape index (κ1) is 12.9. The first-order valence-corrected chi connectivity index (χ1v) is 5.65. The van der Waals surface area contributed by atoms with Crippen LogP contribution in [-0.4, -0.2) is 25.1 Å². The summed E-state index contributed by atoms with van der Waals surface area (Å²) in [6.45, 7) is 0.696. The van der Waals surface area contributed by atoms with Crippen LogP contribution < -0.4 is 18.9 Å². The van der Waals surface area contributed by atoms with Crippen LogP contribution in [0, 0.1) is 0 Å². The van der Waals surface area contributed by atoms with Crippen LogP contribution in [0.1, 0.15) is 26.9 Å². The third kappa shape index (κ3) is 2.92. The summed E-state index contributed by atoms with van der Waals surface area (Å²) in [7, 11) is 0. The number of rotatable bonds is 2. The summed E-state index contributed by atoms with van der Waals surface area (Å²) in [4.78, 5) is 0. The Hall–Kier alpha value is -0.123. The van der Waals surface area contributed by atoms with Crippen molar-refractivity contribution in [3.63, 3.8) is 0 Å². The SMILES string of the molecule is O=S(O)c1ccnn1C1CCCCO1.[H-].[Li+]. The summed E-state index contributed by atoms with van der Waals surface area (Å²) in [5, 5.41) is 4.30. The van der Waals surface area contributed by atoms with Crippen molar-refractivity contribution in [1.29, 1.82) is 0 Å². The summed E-state index contributed by atoms with van der Waals surface area (Å²) in [6, 6.07) is 1.54. The molecule has 1 aliphatic heterocycles. The zero-order valence-corrected chi connectivity index (χ0v) is 9.44. The molecule has 0 bridgehead atoms. The van der Waals surface area contributed by atoms with E-state index in [1.165, 1.54) is 16.9 Å². The van der Waals surface area contributed by atoms with Crippen molar-refractivity contribution >= 4 is 11.1 Å². The van der Waals surface area contributed by atoms with Crippen LogP contribution in [0.2, 0.25) is 0 Å². The smallest absolute Gasteiger partial charge is 1.00 e. The molecule has 7 heteroatoms. The minimum absolute atomic E-state index is 0. The van der Waals surface area contributed by atoms with E-state index in [-0.39, 0.29) is 26.5 Å². The molecule has 0 saturated carbocycles. The van der Waals surface area contributed by atoms with Crippen LogP contribution in [0.3, 0.4) is 0 Å². The Balaban J connectivity index is 0.00000112. The van der Waals surface area contributed by atoms with Gasteiger partial charge in [-0.05, 0) is 25.3 Å². The first-order valence-electron chi connectivity index (χ1n) is 4.55. The van der Waals surface area contributed by atoms with Gasteiger partial charge >= 0.3 is 18.9 Å². The van der Waals surface area contributed by atoms with Crippen LogP contribution in [-0.2, 0) is 15.8 Å². The van der Waals surface area contributed by atoms with E-state index in [2.05, 4.69) is 5.10 Å². The van der Waals surface area contributed by atoms with E-state index in [0.717, 1.165) is 19.3 Å². The summed E-state index contributed by atoms with van der Waals surface area (Å²) < 4.78 is 26.9. The largest absolute Gasteiger partial charge is 1.00 e. The molecule has 1 N–H and O–H groups in total. The molecule has 2 unspecified atom stereocenters. The first-order chi connectivity index (χ1) is 6.79. The second-order valence-corrected chi connectivity index (χ2v) is 4.10. The molecule has 1 fully saturated rings. The molecular formula is C8H13LiN2O3S. The van der Waals surface area contributed by atoms with Crippen molar-refractivity contribution in [3.8, 4) is 0 Å². The van der Waals surface area contributed by atoms with Crippen molar-refractivity contribution in [2.45, 2.75) is 30.5 Å². The molecule has 2 rings (SSSR count). The Morgan fingerprint density at radius 1 is 1.67 bits per heavy atom. The molecule has 0 aliphatic carbocycles. The molecule has 0 amide bonds. The van der Waals surface area contributed by atoms with Gasteiger partial charge in [0.2, 0.25) is 11.1 Å². The molecule has 5 nitrogen and oxygen atoms in total. The average molecular weight is 224 g/mol. The molecule has 1 saturated heterocycles. The van der Waals surface area contributed by atoms with Gasteiger partial charge in [0.1, 0.15) is 0 Å². The van der Waals surface area contributed by atoms with Gasteiger partial charge < -0.3 is 10.7 Å². The quantitative estimate of drug-likeness (QED) is 0.479. The average Bonchev–Trinajstić information content (AvgIpc) is 2.67. The van der Waals surface area contributed by atoms with E-state index < -0.39 is 11.1 Å². The van der Waals surface area contributed by atoms with Gasteiger partial charge in [0.15, 0.2) is 11.3 Å². The number of ether oxygens (including phenoxy) is 1. The fraction of sp³-hybridized carbons (Fsp3) is 0.625. The van der Waals surface area contributed by atoms with Gasteiger partial charge in [-0.15, -0.1) is 0 Å². The van der Waals surface area contributed by atoms with Crippen molar-refractivity contribution in [1.82, 2.24) is 9.78 Å². The molecule has 1 aromatic rings. The summed E-state index contributed by atoms with van der Waals surface area (Å²) in [6.07, 6.45) is 4.31. The van der Waals surface area contributed by atoms with Crippen molar-refractivity contribution in [2.24, 2.45) is 0 Å². The summed E-state index contributed by atoms with van der Waals surface area (Å²) >= 11 is -1.99.